The van der Waals surface area contributed by atoms with Crippen molar-refractivity contribution in [2.45, 2.75) is 65.5 Å². The van der Waals surface area contributed by atoms with Crippen molar-refractivity contribution in [3.63, 3.8) is 0 Å². The van der Waals surface area contributed by atoms with Crippen LogP contribution >= 0.6 is 0 Å². The zero-order chi connectivity index (χ0) is 13.2. The van der Waals surface area contributed by atoms with Gasteiger partial charge in [-0.1, -0.05) is 27.2 Å². The van der Waals surface area contributed by atoms with Crippen molar-refractivity contribution in [3.05, 3.63) is 17.5 Å². The van der Waals surface area contributed by atoms with Crippen LogP contribution in [-0.2, 0) is 20.0 Å². The molecule has 0 radical (unpaired) electrons. The third kappa shape index (κ3) is 3.35. The van der Waals surface area contributed by atoms with Crippen molar-refractivity contribution < 1.29 is 0 Å². The number of aryl methyl sites for hydroxylation is 2. The van der Waals surface area contributed by atoms with Crippen molar-refractivity contribution >= 4 is 0 Å². The molecular formula is C15H27N3. The largest absolute Gasteiger partial charge is 0.308 e. The average molecular weight is 249 g/mol. The number of rotatable bonds is 4. The molecule has 1 fully saturated rings. The van der Waals surface area contributed by atoms with E-state index in [1.54, 1.807) is 0 Å². The van der Waals surface area contributed by atoms with E-state index in [-0.39, 0.29) is 0 Å². The number of hydrogen-bond donors (Lipinski definition) is 1. The van der Waals surface area contributed by atoms with Crippen LogP contribution in [0.1, 0.15) is 57.8 Å². The van der Waals surface area contributed by atoms with Gasteiger partial charge in [-0.25, -0.2) is 0 Å². The second-order valence-corrected chi connectivity index (χ2v) is 6.44. The molecule has 3 nitrogen and oxygen atoms in total. The van der Waals surface area contributed by atoms with Crippen LogP contribution in [0.3, 0.4) is 0 Å². The summed E-state index contributed by atoms with van der Waals surface area (Å²) in [6.07, 6.45) is 6.37. The van der Waals surface area contributed by atoms with E-state index in [4.69, 9.17) is 0 Å². The fraction of sp³-hybridized carbons (Fsp3) is 0.800. The highest BCUT2D eigenvalue weighted by atomic mass is 15.3. The van der Waals surface area contributed by atoms with Gasteiger partial charge in [0.25, 0.3) is 0 Å². The molecule has 3 heteroatoms. The number of nitrogens with zero attached hydrogens (tertiary/aromatic N) is 2. The zero-order valence-corrected chi connectivity index (χ0v) is 12.3. The van der Waals surface area contributed by atoms with Gasteiger partial charge in [-0.2, -0.15) is 5.10 Å². The van der Waals surface area contributed by atoms with Gasteiger partial charge in [0, 0.05) is 19.6 Å². The Morgan fingerprint density at radius 3 is 2.89 bits per heavy atom. The zero-order valence-electron chi connectivity index (χ0n) is 12.3. The summed E-state index contributed by atoms with van der Waals surface area (Å²) in [4.78, 5) is 0. The minimum absolute atomic E-state index is 0.511. The first kappa shape index (κ1) is 13.6. The predicted molar refractivity (Wildman–Crippen MR) is 75.5 cm³/mol. The molecule has 1 atom stereocenters. The third-order valence-electron chi connectivity index (χ3n) is 4.17. The van der Waals surface area contributed by atoms with Crippen molar-refractivity contribution in [1.29, 1.82) is 0 Å². The van der Waals surface area contributed by atoms with Gasteiger partial charge in [0.1, 0.15) is 0 Å². The van der Waals surface area contributed by atoms with Gasteiger partial charge < -0.3 is 5.32 Å². The first-order valence-electron chi connectivity index (χ1n) is 7.25. The Kier molecular flexibility index (Phi) is 4.10. The van der Waals surface area contributed by atoms with Crippen LogP contribution in [0.25, 0.3) is 0 Å². The summed E-state index contributed by atoms with van der Waals surface area (Å²) in [7, 11) is 2.04. The molecule has 2 rings (SSSR count). The minimum Gasteiger partial charge on any atom is -0.308 e. The van der Waals surface area contributed by atoms with Crippen LogP contribution in [0.4, 0.5) is 0 Å². The number of hydrogen-bond acceptors (Lipinski definition) is 2. The van der Waals surface area contributed by atoms with Crippen molar-refractivity contribution in [2.24, 2.45) is 12.5 Å². The molecule has 1 aromatic heterocycles. The van der Waals surface area contributed by atoms with Crippen LogP contribution in [-0.4, -0.2) is 15.8 Å². The van der Waals surface area contributed by atoms with Gasteiger partial charge in [-0.15, -0.1) is 0 Å². The van der Waals surface area contributed by atoms with E-state index in [9.17, 15) is 0 Å². The van der Waals surface area contributed by atoms with Crippen LogP contribution in [0.5, 0.6) is 0 Å². The molecule has 0 amide bonds. The molecule has 1 aromatic rings. The Hall–Kier alpha value is -0.830. The highest BCUT2D eigenvalue weighted by Crippen LogP contribution is 2.35. The third-order valence-corrected chi connectivity index (χ3v) is 4.17. The van der Waals surface area contributed by atoms with Crippen LogP contribution in [0.15, 0.2) is 6.07 Å². The first-order chi connectivity index (χ1) is 8.50. The lowest BCUT2D eigenvalue weighted by Gasteiger charge is -2.35. The molecule has 1 aliphatic rings. The Morgan fingerprint density at radius 2 is 2.28 bits per heavy atom. The summed E-state index contributed by atoms with van der Waals surface area (Å²) in [6.45, 7) is 7.88. The maximum atomic E-state index is 4.50. The molecule has 102 valence electrons. The Morgan fingerprint density at radius 1 is 1.50 bits per heavy atom. The number of aromatic nitrogens is 2. The lowest BCUT2D eigenvalue weighted by Crippen LogP contribution is -2.37. The van der Waals surface area contributed by atoms with E-state index in [0.29, 0.717) is 11.5 Å². The molecule has 0 aliphatic heterocycles. The van der Waals surface area contributed by atoms with Gasteiger partial charge in [0.05, 0.1) is 11.4 Å². The van der Waals surface area contributed by atoms with E-state index < -0.39 is 0 Å². The summed E-state index contributed by atoms with van der Waals surface area (Å²) in [5.41, 5.74) is 3.00. The topological polar surface area (TPSA) is 29.9 Å². The minimum atomic E-state index is 0.511. The SMILES string of the molecule is CCc1cc(CNC2CCCC(C)(C)C2)n(C)n1. The van der Waals surface area contributed by atoms with Gasteiger partial charge >= 0.3 is 0 Å². The van der Waals surface area contributed by atoms with Crippen LogP contribution in [0.2, 0.25) is 0 Å². The quantitative estimate of drug-likeness (QED) is 0.889. The average Bonchev–Trinajstić information content (AvgIpc) is 2.66. The summed E-state index contributed by atoms with van der Waals surface area (Å²) < 4.78 is 2.01. The van der Waals surface area contributed by atoms with Crippen molar-refractivity contribution in [3.8, 4) is 0 Å². The van der Waals surface area contributed by atoms with Gasteiger partial charge in [-0.3, -0.25) is 4.68 Å². The lowest BCUT2D eigenvalue weighted by molar-refractivity contribution is 0.197. The van der Waals surface area contributed by atoms with E-state index in [1.165, 1.54) is 37.1 Å². The Balaban J connectivity index is 1.89. The fourth-order valence-electron chi connectivity index (χ4n) is 3.03. The maximum Gasteiger partial charge on any atom is 0.0625 e. The predicted octanol–water partition coefficient (Wildman–Crippen LogP) is 3.04. The van der Waals surface area contributed by atoms with Crippen LogP contribution in [0, 0.1) is 5.41 Å². The van der Waals surface area contributed by atoms with E-state index >= 15 is 0 Å². The molecule has 0 bridgehead atoms. The first-order valence-corrected chi connectivity index (χ1v) is 7.25. The highest BCUT2D eigenvalue weighted by Gasteiger charge is 2.27. The summed E-state index contributed by atoms with van der Waals surface area (Å²) in [5, 5.41) is 8.21. The number of nitrogens with one attached hydrogen (secondary N) is 1. The maximum absolute atomic E-state index is 4.50. The van der Waals surface area contributed by atoms with E-state index in [2.05, 4.69) is 37.3 Å². The molecule has 1 unspecified atom stereocenters. The van der Waals surface area contributed by atoms with Gasteiger partial charge in [0.15, 0.2) is 0 Å². The molecule has 1 heterocycles. The highest BCUT2D eigenvalue weighted by molar-refractivity contribution is 5.10. The van der Waals surface area contributed by atoms with Gasteiger partial charge in [0.2, 0.25) is 0 Å². The van der Waals surface area contributed by atoms with E-state index in [0.717, 1.165) is 13.0 Å². The lowest BCUT2D eigenvalue weighted by atomic mass is 9.75. The second kappa shape index (κ2) is 5.43. The fourth-order valence-corrected chi connectivity index (χ4v) is 3.03. The molecule has 0 aromatic carbocycles. The Bertz CT molecular complexity index is 392. The molecule has 1 N–H and O–H groups in total. The summed E-state index contributed by atoms with van der Waals surface area (Å²) >= 11 is 0. The molecular weight excluding hydrogens is 222 g/mol. The summed E-state index contributed by atoms with van der Waals surface area (Å²) in [5.74, 6) is 0. The molecule has 1 saturated carbocycles. The Labute approximate surface area is 111 Å². The monoisotopic (exact) mass is 249 g/mol. The van der Waals surface area contributed by atoms with E-state index in [1.807, 2.05) is 11.7 Å². The van der Waals surface area contributed by atoms with Gasteiger partial charge in [-0.05, 0) is 37.2 Å². The second-order valence-electron chi connectivity index (χ2n) is 6.44. The standard InChI is InChI=1S/C15H27N3/c1-5-12-9-14(18(4)17-12)11-16-13-7-6-8-15(2,3)10-13/h9,13,16H,5-8,10-11H2,1-4H3. The molecule has 18 heavy (non-hydrogen) atoms. The summed E-state index contributed by atoms with van der Waals surface area (Å²) in [6, 6.07) is 2.90. The normalized spacial score (nSPS) is 23.2. The molecule has 0 saturated heterocycles. The van der Waals surface area contributed by atoms with Crippen molar-refractivity contribution in [1.82, 2.24) is 15.1 Å². The smallest absolute Gasteiger partial charge is 0.0625 e. The molecule has 0 spiro atoms. The van der Waals surface area contributed by atoms with Crippen molar-refractivity contribution in [2.75, 3.05) is 0 Å². The van der Waals surface area contributed by atoms with Crippen LogP contribution < -0.4 is 5.32 Å². The molecule has 1 aliphatic carbocycles.